The lowest BCUT2D eigenvalue weighted by Gasteiger charge is -2.02. The van der Waals surface area contributed by atoms with Gasteiger partial charge in [0.05, 0.1) is 5.69 Å². The number of nitrogens with zero attached hydrogens (tertiary/aromatic N) is 2. The highest BCUT2D eigenvalue weighted by Crippen LogP contribution is 2.26. The van der Waals surface area contributed by atoms with E-state index in [9.17, 15) is 5.11 Å². The van der Waals surface area contributed by atoms with E-state index >= 15 is 0 Å². The Balaban J connectivity index is 0.000000659. The largest absolute Gasteiger partial charge is 0.507 e. The number of hydrogen-bond donors (Lipinski definition) is 1. The van der Waals surface area contributed by atoms with Gasteiger partial charge in [-0.15, -0.1) is 0 Å². The van der Waals surface area contributed by atoms with E-state index in [1.54, 1.807) is 30.5 Å². The highest BCUT2D eigenvalue weighted by Gasteiger charge is 2.04. The third-order valence-electron chi connectivity index (χ3n) is 1.81. The molecule has 0 aliphatic carbocycles. The summed E-state index contributed by atoms with van der Waals surface area (Å²) < 4.78 is 0. The Morgan fingerprint density at radius 2 is 1.61 bits per heavy atom. The summed E-state index contributed by atoms with van der Waals surface area (Å²) in [5, 5.41) is 9.72. The Morgan fingerprint density at radius 3 is 2.17 bits per heavy atom. The zero-order chi connectivity index (χ0) is 14.0. The Morgan fingerprint density at radius 1 is 1.00 bits per heavy atom. The second-order valence-electron chi connectivity index (χ2n) is 2.73. The molecule has 18 heavy (non-hydrogen) atoms. The van der Waals surface area contributed by atoms with Gasteiger partial charge in [0.25, 0.3) is 0 Å². The van der Waals surface area contributed by atoms with Gasteiger partial charge in [-0.3, -0.25) is 0 Å². The van der Waals surface area contributed by atoms with Crippen molar-refractivity contribution in [2.75, 3.05) is 0 Å². The van der Waals surface area contributed by atoms with Crippen molar-refractivity contribution in [3.05, 3.63) is 41.8 Å². The maximum Gasteiger partial charge on any atom is 0.222 e. The minimum absolute atomic E-state index is 0.172. The van der Waals surface area contributed by atoms with Crippen LogP contribution in [0.4, 0.5) is 0 Å². The van der Waals surface area contributed by atoms with Crippen LogP contribution in [0.3, 0.4) is 0 Å². The molecule has 0 aliphatic rings. The molecule has 0 saturated heterocycles. The van der Waals surface area contributed by atoms with E-state index < -0.39 is 0 Å². The third kappa shape index (κ3) is 4.72. The number of para-hydroxylation sites is 1. The summed E-state index contributed by atoms with van der Waals surface area (Å²) in [6.07, 6.45) is 1.55. The quantitative estimate of drug-likeness (QED) is 0.770. The molecule has 0 unspecified atom stereocenters. The summed E-state index contributed by atoms with van der Waals surface area (Å²) in [5.41, 5.74) is 1.26. The average molecular weight is 267 g/mol. The van der Waals surface area contributed by atoms with E-state index in [2.05, 4.69) is 9.97 Å². The van der Waals surface area contributed by atoms with Gasteiger partial charge in [-0.05, 0) is 29.8 Å². The Labute approximate surface area is 113 Å². The van der Waals surface area contributed by atoms with Crippen LogP contribution in [0.15, 0.2) is 36.5 Å². The number of aromatic nitrogens is 2. The van der Waals surface area contributed by atoms with Gasteiger partial charge in [0, 0.05) is 11.8 Å². The van der Waals surface area contributed by atoms with Gasteiger partial charge in [0.15, 0.2) is 0 Å². The Bertz CT molecular complexity index is 461. The van der Waals surface area contributed by atoms with E-state index in [1.165, 1.54) is 0 Å². The fourth-order valence-electron chi connectivity index (χ4n) is 1.18. The lowest BCUT2D eigenvalue weighted by molar-refractivity contribution is 0.477. The van der Waals surface area contributed by atoms with Gasteiger partial charge in [-0.2, -0.15) is 0 Å². The molecule has 1 aromatic carbocycles. The second kappa shape index (κ2) is 9.42. The van der Waals surface area contributed by atoms with Gasteiger partial charge >= 0.3 is 0 Å². The number of phenols is 1. The van der Waals surface area contributed by atoms with Crippen LogP contribution in [-0.2, 0) is 0 Å². The average Bonchev–Trinajstić information content (AvgIpc) is 2.44. The molecular formula is C14H19ClN2O. The SMILES string of the molecule is CC.CC.Oc1ccccc1-c1ccnc(Cl)n1. The van der Waals surface area contributed by atoms with E-state index in [0.717, 1.165) is 0 Å². The molecule has 0 bridgehead atoms. The van der Waals surface area contributed by atoms with Gasteiger partial charge in [-0.25, -0.2) is 9.97 Å². The molecule has 1 N–H and O–H groups in total. The topological polar surface area (TPSA) is 46.0 Å². The summed E-state index contributed by atoms with van der Waals surface area (Å²) in [4.78, 5) is 7.77. The summed E-state index contributed by atoms with van der Waals surface area (Å²) in [6, 6.07) is 8.65. The summed E-state index contributed by atoms with van der Waals surface area (Å²) in [7, 11) is 0. The maximum absolute atomic E-state index is 9.55. The zero-order valence-electron chi connectivity index (χ0n) is 11.2. The number of rotatable bonds is 1. The number of phenolic OH excluding ortho intramolecular Hbond substituents is 1. The van der Waals surface area contributed by atoms with Crippen molar-refractivity contribution in [2.45, 2.75) is 27.7 Å². The maximum atomic E-state index is 9.55. The predicted octanol–water partition coefficient (Wildman–Crippen LogP) is 4.56. The van der Waals surface area contributed by atoms with Crippen molar-refractivity contribution in [3.63, 3.8) is 0 Å². The highest BCUT2D eigenvalue weighted by molar-refractivity contribution is 6.28. The van der Waals surface area contributed by atoms with E-state index in [4.69, 9.17) is 11.6 Å². The molecule has 2 aromatic rings. The van der Waals surface area contributed by atoms with Gasteiger partial charge in [0.2, 0.25) is 5.28 Å². The minimum atomic E-state index is 0.172. The van der Waals surface area contributed by atoms with Crippen LogP contribution in [-0.4, -0.2) is 15.1 Å². The lowest BCUT2D eigenvalue weighted by atomic mass is 10.1. The standard InChI is InChI=1S/C10H7ClN2O.2C2H6/c11-10-12-6-5-8(13-10)7-3-1-2-4-9(7)14;2*1-2/h1-6,14H;2*1-2H3. The van der Waals surface area contributed by atoms with Crippen LogP contribution in [0, 0.1) is 0 Å². The predicted molar refractivity (Wildman–Crippen MR) is 76.8 cm³/mol. The molecule has 1 heterocycles. The number of benzene rings is 1. The Hall–Kier alpha value is -1.61. The monoisotopic (exact) mass is 266 g/mol. The van der Waals surface area contributed by atoms with E-state index in [-0.39, 0.29) is 11.0 Å². The second-order valence-corrected chi connectivity index (χ2v) is 3.07. The first-order chi connectivity index (χ1) is 8.77. The molecule has 0 aliphatic heterocycles. The molecular weight excluding hydrogens is 248 g/mol. The molecule has 1 aromatic heterocycles. The molecule has 98 valence electrons. The molecule has 0 radical (unpaired) electrons. The van der Waals surface area contributed by atoms with Gasteiger partial charge in [-0.1, -0.05) is 39.8 Å². The molecule has 4 heteroatoms. The molecule has 0 spiro atoms. The smallest absolute Gasteiger partial charge is 0.222 e. The fraction of sp³-hybridized carbons (Fsp3) is 0.286. The molecule has 0 fully saturated rings. The van der Waals surface area contributed by atoms with Crippen LogP contribution in [0.1, 0.15) is 27.7 Å². The first-order valence-corrected chi connectivity index (χ1v) is 6.42. The molecule has 0 saturated carbocycles. The summed E-state index contributed by atoms with van der Waals surface area (Å²) in [5.74, 6) is 0.183. The number of aromatic hydroxyl groups is 1. The zero-order valence-corrected chi connectivity index (χ0v) is 11.9. The highest BCUT2D eigenvalue weighted by atomic mass is 35.5. The Kier molecular flexibility index (Phi) is 8.58. The van der Waals surface area contributed by atoms with E-state index in [1.807, 2.05) is 33.8 Å². The molecule has 0 atom stereocenters. The van der Waals surface area contributed by atoms with Crippen molar-refractivity contribution in [1.29, 1.82) is 0 Å². The van der Waals surface area contributed by atoms with Crippen LogP contribution in [0.5, 0.6) is 5.75 Å². The van der Waals surface area contributed by atoms with Gasteiger partial charge in [0.1, 0.15) is 5.75 Å². The third-order valence-corrected chi connectivity index (χ3v) is 1.99. The summed E-state index contributed by atoms with van der Waals surface area (Å²) in [6.45, 7) is 8.00. The van der Waals surface area contributed by atoms with E-state index in [0.29, 0.717) is 11.3 Å². The summed E-state index contributed by atoms with van der Waals surface area (Å²) >= 11 is 5.64. The first-order valence-electron chi connectivity index (χ1n) is 6.04. The van der Waals surface area contributed by atoms with Crippen LogP contribution in [0.2, 0.25) is 5.28 Å². The van der Waals surface area contributed by atoms with Crippen molar-refractivity contribution in [3.8, 4) is 17.0 Å². The molecule has 2 rings (SSSR count). The van der Waals surface area contributed by atoms with Gasteiger partial charge < -0.3 is 5.11 Å². The van der Waals surface area contributed by atoms with Crippen LogP contribution in [0.25, 0.3) is 11.3 Å². The van der Waals surface area contributed by atoms with Crippen LogP contribution < -0.4 is 0 Å². The van der Waals surface area contributed by atoms with Crippen molar-refractivity contribution in [1.82, 2.24) is 9.97 Å². The van der Waals surface area contributed by atoms with Crippen LogP contribution >= 0.6 is 11.6 Å². The number of halogens is 1. The molecule has 0 amide bonds. The molecule has 3 nitrogen and oxygen atoms in total. The van der Waals surface area contributed by atoms with Crippen molar-refractivity contribution >= 4 is 11.6 Å². The normalized spacial score (nSPS) is 8.50. The minimum Gasteiger partial charge on any atom is -0.507 e. The van der Waals surface area contributed by atoms with Crippen molar-refractivity contribution in [2.24, 2.45) is 0 Å². The van der Waals surface area contributed by atoms with Crippen molar-refractivity contribution < 1.29 is 5.11 Å². The first kappa shape index (κ1) is 16.4. The lowest BCUT2D eigenvalue weighted by Crippen LogP contribution is -1.86. The number of hydrogen-bond acceptors (Lipinski definition) is 3. The fourth-order valence-corrected chi connectivity index (χ4v) is 1.32.